The maximum Gasteiger partial charge on any atom is 0.405 e. The lowest BCUT2D eigenvalue weighted by Gasteiger charge is -2.72. The summed E-state index contributed by atoms with van der Waals surface area (Å²) in [6.45, 7) is 17.5. The van der Waals surface area contributed by atoms with Gasteiger partial charge in [-0.3, -0.25) is 10.1 Å². The van der Waals surface area contributed by atoms with Crippen molar-refractivity contribution in [3.63, 3.8) is 0 Å². The number of hydrogen-bond donors (Lipinski definition) is 3. The standard InChI is InChI=1S/C40H60F4N2O2/c1-24(2)26-12-19-39(46-31(22-45)40(42,43)44)21-20-36(6)28(32(26)39)8-9-30-35(5)15-13-27(34(3,4)29(35)14-16-37(30,36)7)25-10-17-38(23-41,18-11-25)33(47)48/h10,13,26,28-32,46H,1,8-9,11-12,14-23,45H2,2-7H3,(H,47,48)/t26-,28?,29-,30+,31?,32+,35-,36+,37+,38-,39-/m0/s1. The van der Waals surface area contributed by atoms with E-state index in [0.29, 0.717) is 30.6 Å². The van der Waals surface area contributed by atoms with E-state index in [4.69, 9.17) is 5.73 Å². The molecule has 11 atom stereocenters. The number of carbonyl (C=O) groups is 1. The summed E-state index contributed by atoms with van der Waals surface area (Å²) in [6, 6.07) is -1.70. The van der Waals surface area contributed by atoms with Gasteiger partial charge in [0.1, 0.15) is 12.7 Å². The Bertz CT molecular complexity index is 1390. The van der Waals surface area contributed by atoms with E-state index < -0.39 is 42.4 Å². The second-order valence-corrected chi connectivity index (χ2v) is 18.5. The second-order valence-electron chi connectivity index (χ2n) is 18.5. The van der Waals surface area contributed by atoms with E-state index in [1.807, 2.05) is 6.08 Å². The molecule has 0 aromatic carbocycles. The van der Waals surface area contributed by atoms with Crippen molar-refractivity contribution in [2.24, 2.45) is 62.4 Å². The van der Waals surface area contributed by atoms with Crippen LogP contribution in [-0.2, 0) is 4.79 Å². The molecule has 0 saturated heterocycles. The number of allylic oxidation sites excluding steroid dienone is 5. The van der Waals surface area contributed by atoms with E-state index in [2.05, 4.69) is 59.5 Å². The number of carboxylic acid groups (broad SMARTS) is 1. The van der Waals surface area contributed by atoms with Gasteiger partial charge in [-0.1, -0.05) is 58.9 Å². The van der Waals surface area contributed by atoms with Crippen LogP contribution in [0.4, 0.5) is 17.6 Å². The van der Waals surface area contributed by atoms with E-state index in [1.165, 1.54) is 11.1 Å². The van der Waals surface area contributed by atoms with Gasteiger partial charge < -0.3 is 10.8 Å². The van der Waals surface area contributed by atoms with Crippen molar-refractivity contribution in [2.75, 3.05) is 13.2 Å². The van der Waals surface area contributed by atoms with Crippen LogP contribution in [0.2, 0.25) is 0 Å². The molecule has 0 heterocycles. The third kappa shape index (κ3) is 4.98. The predicted molar refractivity (Wildman–Crippen MR) is 183 cm³/mol. The Kier molecular flexibility index (Phi) is 8.79. The molecule has 270 valence electrons. The molecule has 0 spiro atoms. The largest absolute Gasteiger partial charge is 0.481 e. The molecule has 4 N–H and O–H groups in total. The van der Waals surface area contributed by atoms with Gasteiger partial charge in [-0.15, -0.1) is 0 Å². The zero-order valence-electron chi connectivity index (χ0n) is 30.2. The molecular weight excluding hydrogens is 616 g/mol. The summed E-state index contributed by atoms with van der Waals surface area (Å²) in [7, 11) is 0. The van der Waals surface area contributed by atoms with Gasteiger partial charge in [0.05, 0.1) is 5.41 Å². The molecule has 0 aromatic rings. The number of hydrogen-bond acceptors (Lipinski definition) is 3. The number of carboxylic acids is 1. The number of aliphatic carboxylic acids is 1. The minimum absolute atomic E-state index is 0.000781. The zero-order valence-corrected chi connectivity index (χ0v) is 30.2. The van der Waals surface area contributed by atoms with Crippen molar-refractivity contribution in [3.05, 3.63) is 35.5 Å². The van der Waals surface area contributed by atoms with Crippen molar-refractivity contribution in [3.8, 4) is 0 Å². The lowest BCUT2D eigenvalue weighted by atomic mass is 9.33. The highest BCUT2D eigenvalue weighted by Gasteiger charge is 2.71. The molecule has 0 aromatic heterocycles. The van der Waals surface area contributed by atoms with Crippen LogP contribution in [0.5, 0.6) is 0 Å². The van der Waals surface area contributed by atoms with Gasteiger partial charge in [0.15, 0.2) is 0 Å². The number of nitrogens with one attached hydrogen (secondary N) is 1. The Hall–Kier alpha value is -1.67. The van der Waals surface area contributed by atoms with Gasteiger partial charge in [-0.05, 0) is 146 Å². The maximum absolute atomic E-state index is 14.2. The fourth-order valence-electron chi connectivity index (χ4n) is 13.7. The van der Waals surface area contributed by atoms with Gasteiger partial charge in [-0.25, -0.2) is 4.39 Å². The van der Waals surface area contributed by atoms with Crippen molar-refractivity contribution >= 4 is 5.97 Å². The highest BCUT2D eigenvalue weighted by atomic mass is 19.4. The number of alkyl halides is 4. The molecule has 8 heteroatoms. The average molecular weight is 677 g/mol. The van der Waals surface area contributed by atoms with Crippen LogP contribution < -0.4 is 11.1 Å². The summed E-state index contributed by atoms with van der Waals surface area (Å²) in [5, 5.41) is 13.0. The van der Waals surface area contributed by atoms with Gasteiger partial charge in [0.25, 0.3) is 0 Å². The third-order valence-electron chi connectivity index (χ3n) is 16.4. The minimum atomic E-state index is -4.38. The fourth-order valence-corrected chi connectivity index (χ4v) is 13.7. The lowest BCUT2D eigenvalue weighted by Crippen LogP contribution is -2.69. The van der Waals surface area contributed by atoms with E-state index >= 15 is 0 Å². The summed E-state index contributed by atoms with van der Waals surface area (Å²) in [4.78, 5) is 11.9. The molecule has 6 rings (SSSR count). The summed E-state index contributed by atoms with van der Waals surface area (Å²) in [5.41, 5.74) is 7.54. The minimum Gasteiger partial charge on any atom is -0.481 e. The van der Waals surface area contributed by atoms with Crippen LogP contribution in [0.3, 0.4) is 0 Å². The quantitative estimate of drug-likeness (QED) is 0.186. The third-order valence-corrected chi connectivity index (χ3v) is 16.4. The molecule has 4 saturated carbocycles. The van der Waals surface area contributed by atoms with Crippen molar-refractivity contribution in [2.45, 2.75) is 136 Å². The van der Waals surface area contributed by atoms with E-state index in [0.717, 1.165) is 63.4 Å². The number of rotatable bonds is 7. The molecule has 4 nitrogen and oxygen atoms in total. The Morgan fingerprint density at radius 2 is 1.69 bits per heavy atom. The van der Waals surface area contributed by atoms with E-state index in [1.54, 1.807) is 0 Å². The van der Waals surface area contributed by atoms with Gasteiger partial charge in [0, 0.05) is 12.1 Å². The molecule has 48 heavy (non-hydrogen) atoms. The number of halogens is 4. The molecule has 0 amide bonds. The Labute approximate surface area is 285 Å². The lowest BCUT2D eigenvalue weighted by molar-refractivity contribution is -0.225. The predicted octanol–water partition coefficient (Wildman–Crippen LogP) is 9.56. The van der Waals surface area contributed by atoms with E-state index in [9.17, 15) is 27.5 Å². The van der Waals surface area contributed by atoms with Crippen LogP contribution in [0.15, 0.2) is 35.5 Å². The maximum atomic E-state index is 14.2. The van der Waals surface area contributed by atoms with Crippen molar-refractivity contribution in [1.29, 1.82) is 0 Å². The summed E-state index contributed by atoms with van der Waals surface area (Å²) >= 11 is 0. The first-order valence-corrected chi connectivity index (χ1v) is 18.7. The van der Waals surface area contributed by atoms with Gasteiger partial charge in [0.2, 0.25) is 0 Å². The topological polar surface area (TPSA) is 75.3 Å². The second kappa shape index (κ2) is 11.7. The average Bonchev–Trinajstić information content (AvgIpc) is 3.39. The normalized spacial score (nSPS) is 45.9. The number of nitrogens with two attached hydrogens (primary N) is 1. The Balaban J connectivity index is 1.32. The summed E-state index contributed by atoms with van der Waals surface area (Å²) in [6.07, 6.45) is 9.79. The smallest absolute Gasteiger partial charge is 0.405 e. The van der Waals surface area contributed by atoms with Crippen LogP contribution in [-0.4, -0.2) is 42.1 Å². The highest BCUT2D eigenvalue weighted by molar-refractivity contribution is 5.75. The molecule has 0 aliphatic heterocycles. The van der Waals surface area contributed by atoms with Crippen LogP contribution >= 0.6 is 0 Å². The number of fused-ring (bicyclic) bond motifs is 7. The van der Waals surface area contributed by atoms with Gasteiger partial charge >= 0.3 is 12.1 Å². The summed E-state index contributed by atoms with van der Waals surface area (Å²) < 4.78 is 56.4. The van der Waals surface area contributed by atoms with Crippen LogP contribution in [0.1, 0.15) is 119 Å². The molecular formula is C40H60F4N2O2. The Morgan fingerprint density at radius 3 is 2.25 bits per heavy atom. The van der Waals surface area contributed by atoms with E-state index in [-0.39, 0.29) is 39.9 Å². The van der Waals surface area contributed by atoms with Gasteiger partial charge in [-0.2, -0.15) is 13.2 Å². The monoisotopic (exact) mass is 676 g/mol. The first-order chi connectivity index (χ1) is 22.3. The van der Waals surface area contributed by atoms with Crippen LogP contribution in [0, 0.1) is 56.7 Å². The summed E-state index contributed by atoms with van der Waals surface area (Å²) in [5.74, 6) is 0.543. The Morgan fingerprint density at radius 1 is 0.979 bits per heavy atom. The molecule has 2 unspecified atom stereocenters. The molecule has 0 bridgehead atoms. The molecule has 4 fully saturated rings. The van der Waals surface area contributed by atoms with Crippen LogP contribution in [0.25, 0.3) is 0 Å². The molecule has 0 radical (unpaired) electrons. The molecule has 6 aliphatic rings. The zero-order chi connectivity index (χ0) is 35.3. The SMILES string of the molecule is C=C(C)[C@@H]1CC[C@]2(NC(CN)C(F)(F)F)CC[C@]3(C)C(CC[C@@H]4[C@@]5(C)CC=C(C6=CC[C@](CF)(C(=O)O)CC6)C(C)(C)[C@@H]5CC[C@]43C)[C@@H]12. The molecule has 6 aliphatic carbocycles. The first-order valence-electron chi connectivity index (χ1n) is 18.7. The fraction of sp³-hybridized carbons (Fsp3) is 0.825. The highest BCUT2D eigenvalue weighted by Crippen LogP contribution is 2.76. The first kappa shape index (κ1) is 36.1. The van der Waals surface area contributed by atoms with Crippen molar-refractivity contribution in [1.82, 2.24) is 5.32 Å². The van der Waals surface area contributed by atoms with Crippen molar-refractivity contribution < 1.29 is 27.5 Å².